The zero-order chi connectivity index (χ0) is 7.45. The maximum absolute atomic E-state index is 3.68. The molecule has 1 N–H and O–H groups in total. The molecule has 58 valence electrons. The van der Waals surface area contributed by atoms with Crippen molar-refractivity contribution < 1.29 is 0 Å². The van der Waals surface area contributed by atoms with Crippen molar-refractivity contribution in [3.63, 3.8) is 0 Å². The van der Waals surface area contributed by atoms with E-state index in [4.69, 9.17) is 0 Å². The summed E-state index contributed by atoms with van der Waals surface area (Å²) in [5.74, 6) is 0. The van der Waals surface area contributed by atoms with Crippen molar-refractivity contribution in [1.29, 1.82) is 0 Å². The van der Waals surface area contributed by atoms with Gasteiger partial charge in [0.25, 0.3) is 0 Å². The van der Waals surface area contributed by atoms with Crippen LogP contribution in [0.1, 0.15) is 32.6 Å². The summed E-state index contributed by atoms with van der Waals surface area (Å²) in [7, 11) is 0. The topological polar surface area (TPSA) is 12.0 Å². The molecule has 0 saturated heterocycles. The Labute approximate surface area is 63.5 Å². The summed E-state index contributed by atoms with van der Waals surface area (Å²) in [5.41, 5.74) is 0.475. The minimum atomic E-state index is 0.475. The second kappa shape index (κ2) is 3.20. The molecule has 10 heavy (non-hydrogen) atoms. The van der Waals surface area contributed by atoms with Gasteiger partial charge in [-0.25, -0.2) is 0 Å². The molecule has 1 fully saturated rings. The Morgan fingerprint density at radius 1 is 1.60 bits per heavy atom. The maximum Gasteiger partial charge on any atom is 0.0153 e. The van der Waals surface area contributed by atoms with E-state index in [9.17, 15) is 0 Å². The highest BCUT2D eigenvalue weighted by molar-refractivity contribution is 4.91. The van der Waals surface area contributed by atoms with Crippen LogP contribution >= 0.6 is 0 Å². The van der Waals surface area contributed by atoms with Crippen molar-refractivity contribution in [3.05, 3.63) is 12.7 Å². The second-order valence-corrected chi connectivity index (χ2v) is 3.42. The first-order valence-electron chi connectivity index (χ1n) is 4.13. The smallest absolute Gasteiger partial charge is 0.0153 e. The summed E-state index contributed by atoms with van der Waals surface area (Å²) < 4.78 is 0. The van der Waals surface area contributed by atoms with Crippen LogP contribution in [0.15, 0.2) is 12.7 Å². The van der Waals surface area contributed by atoms with Crippen molar-refractivity contribution in [2.24, 2.45) is 0 Å². The molecular weight excluding hydrogens is 122 g/mol. The summed E-state index contributed by atoms with van der Waals surface area (Å²) in [4.78, 5) is 0. The van der Waals surface area contributed by atoms with Crippen LogP contribution in [0.2, 0.25) is 0 Å². The minimum Gasteiger partial charge on any atom is -0.311 e. The molecule has 0 spiro atoms. The third-order valence-electron chi connectivity index (χ3n) is 2.36. The van der Waals surface area contributed by atoms with E-state index in [0.29, 0.717) is 5.54 Å². The van der Waals surface area contributed by atoms with Gasteiger partial charge in [-0.2, -0.15) is 0 Å². The predicted octanol–water partition coefficient (Wildman–Crippen LogP) is 2.09. The summed E-state index contributed by atoms with van der Waals surface area (Å²) >= 11 is 0. The molecule has 0 unspecified atom stereocenters. The molecule has 1 rings (SSSR count). The van der Waals surface area contributed by atoms with Gasteiger partial charge in [-0.05, 0) is 39.2 Å². The standard InChI is InChI=1S/C9H17N/c1-3-4-8-10-9(2)6-5-7-9/h3,10H,1,4-8H2,2H3. The molecule has 0 amide bonds. The maximum atomic E-state index is 3.68. The van der Waals surface area contributed by atoms with Crippen LogP contribution < -0.4 is 5.32 Å². The molecule has 0 atom stereocenters. The molecule has 0 bridgehead atoms. The van der Waals surface area contributed by atoms with Gasteiger partial charge in [-0.15, -0.1) is 6.58 Å². The van der Waals surface area contributed by atoms with Gasteiger partial charge in [0.2, 0.25) is 0 Å². The third-order valence-corrected chi connectivity index (χ3v) is 2.36. The molecule has 1 aliphatic carbocycles. The molecule has 0 radical (unpaired) electrons. The lowest BCUT2D eigenvalue weighted by Crippen LogP contribution is -2.48. The highest BCUT2D eigenvalue weighted by Gasteiger charge is 2.30. The van der Waals surface area contributed by atoms with Gasteiger partial charge >= 0.3 is 0 Å². The van der Waals surface area contributed by atoms with E-state index in [1.54, 1.807) is 0 Å². The average Bonchev–Trinajstić information content (AvgIpc) is 1.85. The number of hydrogen-bond donors (Lipinski definition) is 1. The first-order chi connectivity index (χ1) is 4.77. The molecular formula is C9H17N. The monoisotopic (exact) mass is 139 g/mol. The summed E-state index contributed by atoms with van der Waals surface area (Å²) in [6.45, 7) is 7.09. The average molecular weight is 139 g/mol. The van der Waals surface area contributed by atoms with Crippen LogP contribution in [0, 0.1) is 0 Å². The number of rotatable bonds is 4. The molecule has 1 nitrogen and oxygen atoms in total. The molecule has 1 saturated carbocycles. The molecule has 1 heteroatoms. The van der Waals surface area contributed by atoms with Gasteiger partial charge in [0.15, 0.2) is 0 Å². The number of nitrogens with one attached hydrogen (secondary N) is 1. The Morgan fingerprint density at radius 2 is 2.30 bits per heavy atom. The van der Waals surface area contributed by atoms with Crippen molar-refractivity contribution >= 4 is 0 Å². The first kappa shape index (κ1) is 7.80. The van der Waals surface area contributed by atoms with Gasteiger partial charge in [-0.3, -0.25) is 0 Å². The van der Waals surface area contributed by atoms with Gasteiger partial charge in [-0.1, -0.05) is 6.08 Å². The van der Waals surface area contributed by atoms with E-state index in [-0.39, 0.29) is 0 Å². The largest absolute Gasteiger partial charge is 0.311 e. The molecule has 0 heterocycles. The van der Waals surface area contributed by atoms with E-state index < -0.39 is 0 Å². The Kier molecular flexibility index (Phi) is 2.50. The highest BCUT2D eigenvalue weighted by atomic mass is 15.0. The molecule has 0 aromatic rings. The van der Waals surface area contributed by atoms with Gasteiger partial charge in [0.1, 0.15) is 0 Å². The fourth-order valence-corrected chi connectivity index (χ4v) is 1.36. The fourth-order valence-electron chi connectivity index (χ4n) is 1.36. The van der Waals surface area contributed by atoms with Gasteiger partial charge in [0.05, 0.1) is 0 Å². The Balaban J connectivity index is 2.06. The van der Waals surface area contributed by atoms with Crippen molar-refractivity contribution in [3.8, 4) is 0 Å². The van der Waals surface area contributed by atoms with Crippen LogP contribution in [0.3, 0.4) is 0 Å². The Bertz CT molecular complexity index is 114. The van der Waals surface area contributed by atoms with Crippen molar-refractivity contribution in [2.75, 3.05) is 6.54 Å². The van der Waals surface area contributed by atoms with E-state index in [1.165, 1.54) is 19.3 Å². The zero-order valence-corrected chi connectivity index (χ0v) is 6.82. The van der Waals surface area contributed by atoms with Crippen LogP contribution in [-0.2, 0) is 0 Å². The van der Waals surface area contributed by atoms with Crippen LogP contribution in [-0.4, -0.2) is 12.1 Å². The Hall–Kier alpha value is -0.300. The molecule has 0 aliphatic heterocycles. The van der Waals surface area contributed by atoms with Crippen molar-refractivity contribution in [2.45, 2.75) is 38.1 Å². The highest BCUT2D eigenvalue weighted by Crippen LogP contribution is 2.30. The lowest BCUT2D eigenvalue weighted by atomic mass is 9.78. The van der Waals surface area contributed by atoms with Gasteiger partial charge in [0, 0.05) is 5.54 Å². The van der Waals surface area contributed by atoms with E-state index in [0.717, 1.165) is 13.0 Å². The van der Waals surface area contributed by atoms with E-state index in [1.807, 2.05) is 6.08 Å². The second-order valence-electron chi connectivity index (χ2n) is 3.42. The molecule has 0 aromatic carbocycles. The number of hydrogen-bond acceptors (Lipinski definition) is 1. The minimum absolute atomic E-state index is 0.475. The lowest BCUT2D eigenvalue weighted by molar-refractivity contribution is 0.211. The molecule has 1 aliphatic rings. The zero-order valence-electron chi connectivity index (χ0n) is 6.82. The normalized spacial score (nSPS) is 21.7. The summed E-state index contributed by atoms with van der Waals surface area (Å²) in [5, 5.41) is 3.53. The fraction of sp³-hybridized carbons (Fsp3) is 0.778. The predicted molar refractivity (Wildman–Crippen MR) is 45.1 cm³/mol. The van der Waals surface area contributed by atoms with E-state index >= 15 is 0 Å². The molecule has 0 aromatic heterocycles. The quantitative estimate of drug-likeness (QED) is 0.464. The van der Waals surface area contributed by atoms with Crippen LogP contribution in [0.5, 0.6) is 0 Å². The van der Waals surface area contributed by atoms with Crippen LogP contribution in [0.4, 0.5) is 0 Å². The summed E-state index contributed by atoms with van der Waals surface area (Å²) in [6, 6.07) is 0. The van der Waals surface area contributed by atoms with Crippen molar-refractivity contribution in [1.82, 2.24) is 5.32 Å². The SMILES string of the molecule is C=CCCNC1(C)CCC1. The van der Waals surface area contributed by atoms with Crippen LogP contribution in [0.25, 0.3) is 0 Å². The van der Waals surface area contributed by atoms with Gasteiger partial charge < -0.3 is 5.32 Å². The summed E-state index contributed by atoms with van der Waals surface area (Å²) in [6.07, 6.45) is 7.16. The third kappa shape index (κ3) is 1.84. The first-order valence-corrected chi connectivity index (χ1v) is 4.13. The lowest BCUT2D eigenvalue weighted by Gasteiger charge is -2.39. The Morgan fingerprint density at radius 3 is 2.70 bits per heavy atom. The van der Waals surface area contributed by atoms with E-state index in [2.05, 4.69) is 18.8 Å².